The fraction of sp³-hybridized carbons (Fsp3) is 0.550. The number of benzene rings is 1. The average molecular weight is 313 g/mol. The first-order valence-corrected chi connectivity index (χ1v) is 8.55. The van der Waals surface area contributed by atoms with Crippen molar-refractivity contribution >= 4 is 11.7 Å². The lowest BCUT2D eigenvalue weighted by Crippen LogP contribution is -2.45. The maximum Gasteiger partial charge on any atom is 0.411 e. The summed E-state index contributed by atoms with van der Waals surface area (Å²) in [5.41, 5.74) is 4.97. The van der Waals surface area contributed by atoms with Crippen molar-refractivity contribution in [3.8, 4) is 0 Å². The molecule has 0 saturated carbocycles. The molecule has 0 N–H and O–H groups in total. The highest BCUT2D eigenvalue weighted by molar-refractivity contribution is 5.77. The topological polar surface area (TPSA) is 29.5 Å². The standard InChI is InChI=1S/C20H27NO2/c1-13-7-6-8-14(2)18(13)15-11-16-9-10-17(12-15)21(16)19(22)23-20(3,4)5/h6-8,11,16-17H,9-10,12H2,1-5H3. The van der Waals surface area contributed by atoms with E-state index < -0.39 is 5.60 Å². The van der Waals surface area contributed by atoms with Crippen molar-refractivity contribution in [2.24, 2.45) is 0 Å². The van der Waals surface area contributed by atoms with Crippen LogP contribution in [0.25, 0.3) is 5.57 Å². The Balaban J connectivity index is 1.88. The Labute approximate surface area is 139 Å². The van der Waals surface area contributed by atoms with Gasteiger partial charge in [-0.25, -0.2) is 4.79 Å². The first-order valence-electron chi connectivity index (χ1n) is 8.55. The zero-order valence-electron chi connectivity index (χ0n) is 14.8. The third kappa shape index (κ3) is 3.15. The van der Waals surface area contributed by atoms with Crippen molar-refractivity contribution in [1.29, 1.82) is 0 Å². The Hall–Kier alpha value is -1.77. The molecule has 1 amide bonds. The first-order chi connectivity index (χ1) is 10.8. The zero-order valence-corrected chi connectivity index (χ0v) is 14.8. The maximum absolute atomic E-state index is 12.5. The average Bonchev–Trinajstić information content (AvgIpc) is 2.68. The van der Waals surface area contributed by atoms with E-state index in [9.17, 15) is 4.79 Å². The second-order valence-corrected chi connectivity index (χ2v) is 7.85. The molecule has 0 spiro atoms. The van der Waals surface area contributed by atoms with Gasteiger partial charge in [-0.05, 0) is 76.1 Å². The van der Waals surface area contributed by atoms with E-state index in [0.29, 0.717) is 0 Å². The van der Waals surface area contributed by atoms with Crippen molar-refractivity contribution in [3.63, 3.8) is 0 Å². The van der Waals surface area contributed by atoms with Crippen LogP contribution in [0, 0.1) is 13.8 Å². The highest BCUT2D eigenvalue weighted by Gasteiger charge is 2.41. The van der Waals surface area contributed by atoms with Crippen LogP contribution in [0.5, 0.6) is 0 Å². The normalized spacial score (nSPS) is 23.7. The van der Waals surface area contributed by atoms with Gasteiger partial charge in [-0.3, -0.25) is 4.90 Å². The fourth-order valence-corrected chi connectivity index (χ4v) is 3.94. The van der Waals surface area contributed by atoms with E-state index in [-0.39, 0.29) is 18.2 Å². The summed E-state index contributed by atoms with van der Waals surface area (Å²) in [6.07, 6.45) is 5.17. The number of rotatable bonds is 1. The van der Waals surface area contributed by atoms with Gasteiger partial charge in [0, 0.05) is 6.04 Å². The van der Waals surface area contributed by atoms with Gasteiger partial charge in [0.2, 0.25) is 0 Å². The molecule has 0 radical (unpaired) electrons. The summed E-state index contributed by atoms with van der Waals surface area (Å²) in [4.78, 5) is 14.5. The van der Waals surface area contributed by atoms with Crippen molar-refractivity contribution in [2.45, 2.75) is 71.6 Å². The molecule has 1 aromatic carbocycles. The van der Waals surface area contributed by atoms with E-state index in [1.807, 2.05) is 25.7 Å². The molecular weight excluding hydrogens is 286 g/mol. The zero-order chi connectivity index (χ0) is 16.8. The van der Waals surface area contributed by atoms with Crippen LogP contribution >= 0.6 is 0 Å². The minimum atomic E-state index is -0.437. The number of nitrogens with zero attached hydrogens (tertiary/aromatic N) is 1. The van der Waals surface area contributed by atoms with Crippen molar-refractivity contribution in [3.05, 3.63) is 41.0 Å². The summed E-state index contributed by atoms with van der Waals surface area (Å²) in [7, 11) is 0. The van der Waals surface area contributed by atoms with Gasteiger partial charge in [0.1, 0.15) is 5.60 Å². The van der Waals surface area contributed by atoms with Gasteiger partial charge in [-0.1, -0.05) is 24.3 Å². The number of aryl methyl sites for hydroxylation is 2. The summed E-state index contributed by atoms with van der Waals surface area (Å²) in [5, 5.41) is 0. The van der Waals surface area contributed by atoms with Gasteiger partial charge in [-0.2, -0.15) is 0 Å². The smallest absolute Gasteiger partial charge is 0.411 e. The Morgan fingerprint density at radius 2 is 1.83 bits per heavy atom. The van der Waals surface area contributed by atoms with Crippen molar-refractivity contribution in [2.75, 3.05) is 0 Å². The number of hydrogen-bond acceptors (Lipinski definition) is 2. The predicted octanol–water partition coefficient (Wildman–Crippen LogP) is 4.86. The molecule has 0 aliphatic carbocycles. The van der Waals surface area contributed by atoms with E-state index in [4.69, 9.17) is 4.74 Å². The highest BCUT2D eigenvalue weighted by Crippen LogP contribution is 2.40. The van der Waals surface area contributed by atoms with Gasteiger partial charge in [0.15, 0.2) is 0 Å². The second kappa shape index (κ2) is 5.70. The van der Waals surface area contributed by atoms with Gasteiger partial charge in [0.25, 0.3) is 0 Å². The summed E-state index contributed by atoms with van der Waals surface area (Å²) in [5.74, 6) is 0. The molecule has 3 heteroatoms. The van der Waals surface area contributed by atoms with Crippen LogP contribution in [-0.2, 0) is 4.74 Å². The third-order valence-corrected chi connectivity index (χ3v) is 4.80. The predicted molar refractivity (Wildman–Crippen MR) is 93.4 cm³/mol. The molecule has 2 aliphatic rings. The lowest BCUT2D eigenvalue weighted by molar-refractivity contribution is 0.0175. The molecule has 2 atom stereocenters. The number of carbonyl (C=O) groups is 1. The van der Waals surface area contributed by atoms with E-state index in [0.717, 1.165) is 19.3 Å². The number of carbonyl (C=O) groups excluding carboxylic acids is 1. The van der Waals surface area contributed by atoms with Crippen LogP contribution in [0.2, 0.25) is 0 Å². The molecule has 3 rings (SSSR count). The molecule has 1 fully saturated rings. The molecule has 1 aromatic rings. The molecule has 124 valence electrons. The molecule has 2 bridgehead atoms. The Bertz CT molecular complexity index is 634. The molecule has 2 unspecified atom stereocenters. The van der Waals surface area contributed by atoms with Crippen molar-refractivity contribution in [1.82, 2.24) is 4.90 Å². The lowest BCUT2D eigenvalue weighted by atomic mass is 9.89. The molecule has 23 heavy (non-hydrogen) atoms. The maximum atomic E-state index is 12.5. The van der Waals surface area contributed by atoms with Crippen molar-refractivity contribution < 1.29 is 9.53 Å². The van der Waals surface area contributed by atoms with Gasteiger partial charge >= 0.3 is 6.09 Å². The summed E-state index contributed by atoms with van der Waals surface area (Å²) < 4.78 is 5.60. The monoisotopic (exact) mass is 313 g/mol. The molecule has 1 saturated heterocycles. The number of ether oxygens (including phenoxy) is 1. The summed E-state index contributed by atoms with van der Waals surface area (Å²) >= 11 is 0. The fourth-order valence-electron chi connectivity index (χ4n) is 3.94. The van der Waals surface area contributed by atoms with Gasteiger partial charge in [-0.15, -0.1) is 0 Å². The van der Waals surface area contributed by atoms with Gasteiger partial charge in [0.05, 0.1) is 6.04 Å². The quantitative estimate of drug-likeness (QED) is 0.741. The second-order valence-electron chi connectivity index (χ2n) is 7.85. The Morgan fingerprint density at radius 1 is 1.17 bits per heavy atom. The van der Waals surface area contributed by atoms with E-state index in [2.05, 4.69) is 38.1 Å². The molecule has 0 aromatic heterocycles. The van der Waals surface area contributed by atoms with Crippen LogP contribution in [0.3, 0.4) is 0 Å². The van der Waals surface area contributed by atoms with Crippen LogP contribution in [0.15, 0.2) is 24.3 Å². The number of amides is 1. The SMILES string of the molecule is Cc1cccc(C)c1C1=CC2CCC(C1)N2C(=O)OC(C)(C)C. The third-order valence-electron chi connectivity index (χ3n) is 4.80. The molecule has 2 aliphatic heterocycles. The molecule has 3 nitrogen and oxygen atoms in total. The van der Waals surface area contributed by atoms with Crippen LogP contribution in [0.4, 0.5) is 4.79 Å². The largest absolute Gasteiger partial charge is 0.444 e. The highest BCUT2D eigenvalue weighted by atomic mass is 16.6. The van der Waals surface area contributed by atoms with Crippen LogP contribution in [0.1, 0.15) is 56.7 Å². The number of fused-ring (bicyclic) bond motifs is 2. The molecular formula is C20H27NO2. The van der Waals surface area contributed by atoms with E-state index in [1.165, 1.54) is 22.3 Å². The molecule has 2 heterocycles. The Kier molecular flexibility index (Phi) is 3.99. The van der Waals surface area contributed by atoms with E-state index >= 15 is 0 Å². The Morgan fingerprint density at radius 3 is 2.39 bits per heavy atom. The van der Waals surface area contributed by atoms with Crippen LogP contribution < -0.4 is 0 Å². The van der Waals surface area contributed by atoms with Crippen LogP contribution in [-0.4, -0.2) is 28.7 Å². The summed E-state index contributed by atoms with van der Waals surface area (Å²) in [6, 6.07) is 6.90. The van der Waals surface area contributed by atoms with E-state index in [1.54, 1.807) is 0 Å². The van der Waals surface area contributed by atoms with Gasteiger partial charge < -0.3 is 4.74 Å². The lowest BCUT2D eigenvalue weighted by Gasteiger charge is -2.36. The number of hydrogen-bond donors (Lipinski definition) is 0. The minimum absolute atomic E-state index is 0.165. The first kappa shape index (κ1) is 16.1. The minimum Gasteiger partial charge on any atom is -0.444 e. The summed E-state index contributed by atoms with van der Waals surface area (Å²) in [6.45, 7) is 10.1.